The normalized spacial score (nSPS) is 18.8. The van der Waals surface area contributed by atoms with Crippen LogP contribution in [0.3, 0.4) is 0 Å². The molecule has 0 bridgehead atoms. The summed E-state index contributed by atoms with van der Waals surface area (Å²) < 4.78 is 0. The molecule has 0 N–H and O–H groups in total. The lowest BCUT2D eigenvalue weighted by molar-refractivity contribution is -0.122. The van der Waals surface area contributed by atoms with Gasteiger partial charge in [0.25, 0.3) is 5.91 Å². The third-order valence-electron chi connectivity index (χ3n) is 5.71. The number of benzene rings is 3. The summed E-state index contributed by atoms with van der Waals surface area (Å²) in [5, 5.41) is 0.713. The van der Waals surface area contributed by atoms with Crippen LogP contribution in [-0.2, 0) is 11.3 Å². The van der Waals surface area contributed by atoms with E-state index in [9.17, 15) is 4.79 Å². The summed E-state index contributed by atoms with van der Waals surface area (Å²) in [5.74, 6) is -0.00264. The SMILES string of the molecule is O=C1/C(=C/c2ccc(N3CCCC3)cc2)SC(=Nc2ccccc2)N1Cc1ccccc1. The van der Waals surface area contributed by atoms with E-state index in [2.05, 4.69) is 29.2 Å². The van der Waals surface area contributed by atoms with Gasteiger partial charge < -0.3 is 4.90 Å². The van der Waals surface area contributed by atoms with Crippen LogP contribution in [0.25, 0.3) is 6.08 Å². The second kappa shape index (κ2) is 9.45. The number of hydrogen-bond acceptors (Lipinski definition) is 4. The monoisotopic (exact) mass is 439 g/mol. The molecule has 0 unspecified atom stereocenters. The van der Waals surface area contributed by atoms with Gasteiger partial charge in [-0.15, -0.1) is 0 Å². The van der Waals surface area contributed by atoms with E-state index in [-0.39, 0.29) is 5.91 Å². The molecule has 0 aliphatic carbocycles. The number of hydrogen-bond donors (Lipinski definition) is 0. The summed E-state index contributed by atoms with van der Waals surface area (Å²) in [6.07, 6.45) is 4.50. The largest absolute Gasteiger partial charge is 0.372 e. The average molecular weight is 440 g/mol. The minimum absolute atomic E-state index is 0.00264. The van der Waals surface area contributed by atoms with Crippen LogP contribution < -0.4 is 4.90 Å². The van der Waals surface area contributed by atoms with Crippen molar-refractivity contribution in [1.82, 2.24) is 4.90 Å². The topological polar surface area (TPSA) is 35.9 Å². The Hall–Kier alpha value is -3.31. The highest BCUT2D eigenvalue weighted by molar-refractivity contribution is 8.18. The number of rotatable bonds is 5. The van der Waals surface area contributed by atoms with Gasteiger partial charge in [0.05, 0.1) is 17.1 Å². The van der Waals surface area contributed by atoms with Crippen molar-refractivity contribution in [1.29, 1.82) is 0 Å². The summed E-state index contributed by atoms with van der Waals surface area (Å²) in [6, 6.07) is 28.4. The van der Waals surface area contributed by atoms with E-state index in [4.69, 9.17) is 4.99 Å². The minimum atomic E-state index is -0.00264. The smallest absolute Gasteiger partial charge is 0.267 e. The van der Waals surface area contributed by atoms with Gasteiger partial charge in [-0.2, -0.15) is 0 Å². The van der Waals surface area contributed by atoms with Crippen molar-refractivity contribution < 1.29 is 4.79 Å². The molecule has 160 valence electrons. The van der Waals surface area contributed by atoms with Crippen molar-refractivity contribution in [3.05, 3.63) is 101 Å². The molecule has 5 heteroatoms. The van der Waals surface area contributed by atoms with Crippen molar-refractivity contribution in [2.24, 2.45) is 4.99 Å². The fraction of sp³-hybridized carbons (Fsp3) is 0.185. The number of nitrogens with zero attached hydrogens (tertiary/aromatic N) is 3. The summed E-state index contributed by atoms with van der Waals surface area (Å²) in [7, 11) is 0. The number of thioether (sulfide) groups is 1. The minimum Gasteiger partial charge on any atom is -0.372 e. The Kier molecular flexibility index (Phi) is 6.08. The highest BCUT2D eigenvalue weighted by atomic mass is 32.2. The van der Waals surface area contributed by atoms with E-state index in [1.54, 1.807) is 4.90 Å². The van der Waals surface area contributed by atoms with Crippen LogP contribution >= 0.6 is 11.8 Å². The molecule has 3 aromatic carbocycles. The molecular weight excluding hydrogens is 414 g/mol. The number of para-hydroxylation sites is 1. The molecule has 0 spiro atoms. The quantitative estimate of drug-likeness (QED) is 0.451. The average Bonchev–Trinajstić information content (AvgIpc) is 3.46. The Balaban J connectivity index is 1.42. The molecule has 4 nitrogen and oxygen atoms in total. The molecule has 2 heterocycles. The summed E-state index contributed by atoms with van der Waals surface area (Å²) >= 11 is 1.44. The first kappa shape index (κ1) is 20.6. The second-order valence-corrected chi connectivity index (χ2v) is 9.01. The van der Waals surface area contributed by atoms with Crippen LogP contribution in [0.5, 0.6) is 0 Å². The molecule has 0 radical (unpaired) electrons. The Morgan fingerprint density at radius 1 is 0.844 bits per heavy atom. The molecule has 2 fully saturated rings. The fourth-order valence-corrected chi connectivity index (χ4v) is 5.02. The molecule has 2 saturated heterocycles. The zero-order valence-corrected chi connectivity index (χ0v) is 18.7. The van der Waals surface area contributed by atoms with Gasteiger partial charge in [0.2, 0.25) is 0 Å². The predicted octanol–water partition coefficient (Wildman–Crippen LogP) is 6.09. The lowest BCUT2D eigenvalue weighted by atomic mass is 10.1. The van der Waals surface area contributed by atoms with Crippen molar-refractivity contribution >= 4 is 40.3 Å². The van der Waals surface area contributed by atoms with Crippen LogP contribution in [0.2, 0.25) is 0 Å². The Bertz CT molecular complexity index is 1130. The summed E-state index contributed by atoms with van der Waals surface area (Å²) in [4.78, 5) is 23.0. The number of aliphatic imine (C=N–C) groups is 1. The molecule has 0 saturated carbocycles. The number of carbonyl (C=O) groups is 1. The first-order chi connectivity index (χ1) is 15.8. The third-order valence-corrected chi connectivity index (χ3v) is 6.72. The van der Waals surface area contributed by atoms with Crippen molar-refractivity contribution in [2.45, 2.75) is 19.4 Å². The first-order valence-electron chi connectivity index (χ1n) is 11.0. The lowest BCUT2D eigenvalue weighted by Gasteiger charge is -2.17. The predicted molar refractivity (Wildman–Crippen MR) is 134 cm³/mol. The summed E-state index contributed by atoms with van der Waals surface area (Å²) in [5.41, 5.74) is 4.21. The van der Waals surface area contributed by atoms with Crippen LogP contribution in [0.4, 0.5) is 11.4 Å². The maximum absolute atomic E-state index is 13.3. The number of amidine groups is 1. The van der Waals surface area contributed by atoms with Gasteiger partial charge in [-0.1, -0.05) is 60.7 Å². The van der Waals surface area contributed by atoms with Crippen molar-refractivity contribution in [2.75, 3.05) is 18.0 Å². The fourth-order valence-electron chi connectivity index (χ4n) is 4.02. The number of carbonyl (C=O) groups excluding carboxylic acids is 1. The summed E-state index contributed by atoms with van der Waals surface area (Å²) in [6.45, 7) is 2.76. The van der Waals surface area contributed by atoms with Gasteiger partial charge in [0.15, 0.2) is 5.17 Å². The molecule has 5 rings (SSSR count). The first-order valence-corrected chi connectivity index (χ1v) is 11.8. The molecule has 1 amide bonds. The van der Waals surface area contributed by atoms with E-state index in [0.29, 0.717) is 16.6 Å². The van der Waals surface area contributed by atoms with Gasteiger partial charge >= 0.3 is 0 Å². The van der Waals surface area contributed by atoms with Gasteiger partial charge in [0, 0.05) is 18.8 Å². The van der Waals surface area contributed by atoms with Gasteiger partial charge in [-0.05, 0) is 66.1 Å². The Morgan fingerprint density at radius 3 is 2.19 bits per heavy atom. The van der Waals surface area contributed by atoms with Crippen molar-refractivity contribution in [3.63, 3.8) is 0 Å². The standard InChI is InChI=1S/C27H25N3OS/c31-26-25(19-21-13-15-24(16-14-21)29-17-7-8-18-29)32-27(28-23-11-5-2-6-12-23)30(26)20-22-9-3-1-4-10-22/h1-6,9-16,19H,7-8,17-18,20H2/b25-19-,28-27?. The maximum Gasteiger partial charge on any atom is 0.267 e. The molecule has 0 atom stereocenters. The molecule has 3 aromatic rings. The maximum atomic E-state index is 13.3. The van der Waals surface area contributed by atoms with Gasteiger partial charge in [-0.25, -0.2) is 4.99 Å². The third kappa shape index (κ3) is 4.63. The molecule has 32 heavy (non-hydrogen) atoms. The van der Waals surface area contributed by atoms with Crippen LogP contribution in [0.15, 0.2) is 94.8 Å². The van der Waals surface area contributed by atoms with E-state index < -0.39 is 0 Å². The van der Waals surface area contributed by atoms with Gasteiger partial charge in [0.1, 0.15) is 0 Å². The second-order valence-electron chi connectivity index (χ2n) is 8.00. The number of anilines is 1. The zero-order chi connectivity index (χ0) is 21.8. The molecule has 2 aliphatic heterocycles. The molecule has 0 aromatic heterocycles. The van der Waals surface area contributed by atoms with Crippen LogP contribution in [0, 0.1) is 0 Å². The highest BCUT2D eigenvalue weighted by Gasteiger charge is 2.33. The van der Waals surface area contributed by atoms with Crippen molar-refractivity contribution in [3.8, 4) is 0 Å². The van der Waals surface area contributed by atoms with Gasteiger partial charge in [-0.3, -0.25) is 9.69 Å². The van der Waals surface area contributed by atoms with E-state index in [0.717, 1.165) is 29.9 Å². The molecular formula is C27H25N3OS. The Labute approximate surface area is 193 Å². The molecule has 2 aliphatic rings. The highest BCUT2D eigenvalue weighted by Crippen LogP contribution is 2.35. The van der Waals surface area contributed by atoms with E-state index in [1.165, 1.54) is 30.3 Å². The zero-order valence-electron chi connectivity index (χ0n) is 17.9. The van der Waals surface area contributed by atoms with E-state index in [1.807, 2.05) is 66.7 Å². The number of amides is 1. The Morgan fingerprint density at radius 2 is 1.50 bits per heavy atom. The van der Waals surface area contributed by atoms with Crippen LogP contribution in [0.1, 0.15) is 24.0 Å². The lowest BCUT2D eigenvalue weighted by Crippen LogP contribution is -2.28. The van der Waals surface area contributed by atoms with E-state index >= 15 is 0 Å². The van der Waals surface area contributed by atoms with Crippen LogP contribution in [-0.4, -0.2) is 29.1 Å².